The van der Waals surface area contributed by atoms with E-state index in [2.05, 4.69) is 16.7 Å². The molecule has 2 fully saturated rings. The summed E-state index contributed by atoms with van der Waals surface area (Å²) in [5.41, 5.74) is 0.431. The maximum Gasteiger partial charge on any atom is 0.245 e. The second-order valence-electron chi connectivity index (χ2n) is 7.42. The quantitative estimate of drug-likeness (QED) is 0.928. The van der Waals surface area contributed by atoms with Crippen LogP contribution < -0.4 is 0 Å². The molecule has 3 rings (SSSR count). The van der Waals surface area contributed by atoms with Crippen LogP contribution in [-0.4, -0.2) is 52.1 Å². The molecule has 2 aliphatic heterocycles. The predicted molar refractivity (Wildman–Crippen MR) is 91.0 cm³/mol. The van der Waals surface area contributed by atoms with Crippen LogP contribution in [0.4, 0.5) is 0 Å². The average molecular weight is 316 g/mol. The van der Waals surface area contributed by atoms with Crippen LogP contribution in [0.5, 0.6) is 0 Å². The lowest BCUT2D eigenvalue weighted by atomic mass is 9.87. The molecule has 0 aliphatic carbocycles. The van der Waals surface area contributed by atoms with E-state index in [-0.39, 0.29) is 24.0 Å². The van der Waals surface area contributed by atoms with Crippen LogP contribution in [0.1, 0.15) is 51.1 Å². The highest BCUT2D eigenvalue weighted by Crippen LogP contribution is 2.42. The number of nitrogens with zero attached hydrogens (tertiary/aromatic N) is 2. The molecule has 0 aromatic heterocycles. The van der Waals surface area contributed by atoms with Gasteiger partial charge in [0.25, 0.3) is 0 Å². The van der Waals surface area contributed by atoms with Gasteiger partial charge < -0.3 is 10.0 Å². The highest BCUT2D eigenvalue weighted by Gasteiger charge is 2.48. The van der Waals surface area contributed by atoms with Gasteiger partial charge in [0.15, 0.2) is 0 Å². The molecule has 23 heavy (non-hydrogen) atoms. The van der Waals surface area contributed by atoms with Crippen molar-refractivity contribution in [3.8, 4) is 0 Å². The maximum atomic E-state index is 13.4. The van der Waals surface area contributed by atoms with E-state index in [1.54, 1.807) is 0 Å². The number of carbonyl (C=O) groups excluding carboxylic acids is 1. The minimum Gasteiger partial charge on any atom is -0.390 e. The van der Waals surface area contributed by atoms with Gasteiger partial charge in [-0.2, -0.15) is 0 Å². The molecule has 4 heteroatoms. The Bertz CT molecular complexity index is 542. The summed E-state index contributed by atoms with van der Waals surface area (Å²) in [6.07, 6.45) is 3.44. The van der Waals surface area contributed by atoms with E-state index in [0.717, 1.165) is 24.9 Å². The monoisotopic (exact) mass is 316 g/mol. The number of hydrogen-bond acceptors (Lipinski definition) is 3. The van der Waals surface area contributed by atoms with Crippen molar-refractivity contribution >= 4 is 5.91 Å². The van der Waals surface area contributed by atoms with Crippen molar-refractivity contribution in [3.63, 3.8) is 0 Å². The molecule has 1 N–H and O–H groups in total. The Labute approximate surface area is 139 Å². The molecule has 2 aliphatic rings. The Morgan fingerprint density at radius 3 is 2.39 bits per heavy atom. The Morgan fingerprint density at radius 2 is 1.87 bits per heavy atom. The van der Waals surface area contributed by atoms with Gasteiger partial charge in [-0.15, -0.1) is 0 Å². The highest BCUT2D eigenvalue weighted by atomic mass is 16.3. The summed E-state index contributed by atoms with van der Waals surface area (Å²) in [4.78, 5) is 17.6. The third-order valence-electron chi connectivity index (χ3n) is 5.51. The number of fused-ring (bicyclic) bond motifs is 2. The topological polar surface area (TPSA) is 43.8 Å². The molecular formula is C19H28N2O2. The Morgan fingerprint density at radius 1 is 1.30 bits per heavy atom. The van der Waals surface area contributed by atoms with Crippen molar-refractivity contribution in [2.75, 3.05) is 13.6 Å². The molecule has 4 nitrogen and oxygen atoms in total. The van der Waals surface area contributed by atoms with Crippen LogP contribution in [-0.2, 0) is 4.79 Å². The van der Waals surface area contributed by atoms with Gasteiger partial charge in [0.2, 0.25) is 5.91 Å². The molecule has 2 bridgehead atoms. The fraction of sp³-hybridized carbons (Fsp3) is 0.632. The lowest BCUT2D eigenvalue weighted by Crippen LogP contribution is -2.54. The summed E-state index contributed by atoms with van der Waals surface area (Å²) in [5, 5.41) is 10.4. The highest BCUT2D eigenvalue weighted by molar-refractivity contribution is 5.84. The van der Waals surface area contributed by atoms with Gasteiger partial charge in [-0.25, -0.2) is 0 Å². The van der Waals surface area contributed by atoms with E-state index in [9.17, 15) is 9.90 Å². The summed E-state index contributed by atoms with van der Waals surface area (Å²) in [5.74, 6) is 0.198. The fourth-order valence-electron chi connectivity index (χ4n) is 4.37. The molecule has 1 amide bonds. The third kappa shape index (κ3) is 3.15. The van der Waals surface area contributed by atoms with Crippen molar-refractivity contribution in [1.29, 1.82) is 0 Å². The molecule has 0 saturated carbocycles. The number of aliphatic hydroxyl groups is 1. The number of rotatable bonds is 4. The van der Waals surface area contributed by atoms with Crippen LogP contribution in [0.25, 0.3) is 0 Å². The lowest BCUT2D eigenvalue weighted by molar-refractivity contribution is -0.146. The van der Waals surface area contributed by atoms with E-state index < -0.39 is 5.60 Å². The minimum atomic E-state index is -0.623. The van der Waals surface area contributed by atoms with Crippen LogP contribution in [0.15, 0.2) is 30.3 Å². The van der Waals surface area contributed by atoms with Crippen LogP contribution in [0, 0.1) is 0 Å². The molecule has 3 unspecified atom stereocenters. The molecule has 0 radical (unpaired) electrons. The van der Waals surface area contributed by atoms with Crippen molar-refractivity contribution in [2.24, 2.45) is 0 Å². The van der Waals surface area contributed by atoms with E-state index in [4.69, 9.17) is 0 Å². The standard InChI is InChI=1S/C19H28N2O2/c1-4-20(3)17(14-8-6-5-7-9-14)18(22)21-15-10-11-16(21)13-19(2,23)12-15/h5-9,15-17,23H,4,10-13H2,1-3H3. The zero-order valence-electron chi connectivity index (χ0n) is 14.4. The maximum absolute atomic E-state index is 13.4. The van der Waals surface area contributed by atoms with Gasteiger partial charge in [0.1, 0.15) is 6.04 Å². The predicted octanol–water partition coefficient (Wildman–Crippen LogP) is 2.58. The van der Waals surface area contributed by atoms with Crippen LogP contribution in [0.3, 0.4) is 0 Å². The number of hydrogen-bond donors (Lipinski definition) is 1. The normalized spacial score (nSPS) is 31.4. The molecule has 3 atom stereocenters. The lowest BCUT2D eigenvalue weighted by Gasteiger charge is -2.44. The van der Waals surface area contributed by atoms with Gasteiger partial charge in [0, 0.05) is 12.1 Å². The first-order chi connectivity index (χ1) is 10.9. The molecule has 2 heterocycles. The van der Waals surface area contributed by atoms with Crippen molar-refractivity contribution < 1.29 is 9.90 Å². The van der Waals surface area contributed by atoms with Crippen LogP contribution in [0.2, 0.25) is 0 Å². The third-order valence-corrected chi connectivity index (χ3v) is 5.51. The number of carbonyl (C=O) groups is 1. The molecule has 126 valence electrons. The largest absolute Gasteiger partial charge is 0.390 e. The number of likely N-dealkylation sites (N-methyl/N-ethyl adjacent to an activating group) is 1. The van der Waals surface area contributed by atoms with Crippen molar-refractivity contribution in [2.45, 2.75) is 63.3 Å². The Kier molecular flexibility index (Phi) is 4.47. The van der Waals surface area contributed by atoms with Crippen molar-refractivity contribution in [3.05, 3.63) is 35.9 Å². The van der Waals surface area contributed by atoms with Gasteiger partial charge in [0.05, 0.1) is 5.60 Å². The summed E-state index contributed by atoms with van der Waals surface area (Å²) < 4.78 is 0. The molecule has 0 spiro atoms. The molecule has 1 aromatic rings. The first kappa shape index (κ1) is 16.5. The second-order valence-corrected chi connectivity index (χ2v) is 7.42. The van der Waals surface area contributed by atoms with Crippen LogP contribution >= 0.6 is 0 Å². The van der Waals surface area contributed by atoms with E-state index in [0.29, 0.717) is 12.8 Å². The summed E-state index contributed by atoms with van der Waals surface area (Å²) >= 11 is 0. The van der Waals surface area contributed by atoms with Gasteiger partial charge >= 0.3 is 0 Å². The molecular weight excluding hydrogens is 288 g/mol. The first-order valence-corrected chi connectivity index (χ1v) is 8.72. The minimum absolute atomic E-state index is 0.188. The smallest absolute Gasteiger partial charge is 0.245 e. The average Bonchev–Trinajstić information content (AvgIpc) is 2.81. The number of benzene rings is 1. The molecule has 1 aromatic carbocycles. The first-order valence-electron chi connectivity index (χ1n) is 8.72. The Balaban J connectivity index is 1.88. The van der Waals surface area contributed by atoms with E-state index in [1.807, 2.05) is 44.3 Å². The van der Waals surface area contributed by atoms with Crippen molar-refractivity contribution in [1.82, 2.24) is 9.80 Å². The second kappa shape index (κ2) is 6.25. The summed E-state index contributed by atoms with van der Waals surface area (Å²) in [6.45, 7) is 4.82. The van der Waals surface area contributed by atoms with E-state index >= 15 is 0 Å². The van der Waals surface area contributed by atoms with Gasteiger partial charge in [-0.05, 0) is 51.8 Å². The fourth-order valence-corrected chi connectivity index (χ4v) is 4.37. The zero-order valence-corrected chi connectivity index (χ0v) is 14.4. The van der Waals surface area contributed by atoms with E-state index in [1.165, 1.54) is 0 Å². The summed E-state index contributed by atoms with van der Waals surface area (Å²) in [7, 11) is 2.01. The number of amides is 1. The Hall–Kier alpha value is -1.39. The SMILES string of the molecule is CCN(C)C(C(=O)N1C2CCC1CC(C)(O)C2)c1ccccc1. The zero-order chi connectivity index (χ0) is 16.6. The van der Waals surface area contributed by atoms with Gasteiger partial charge in [-0.3, -0.25) is 9.69 Å². The van der Waals surface area contributed by atoms with Gasteiger partial charge in [-0.1, -0.05) is 37.3 Å². The number of piperidine rings is 1. The molecule has 2 saturated heterocycles. The summed E-state index contributed by atoms with van der Waals surface area (Å²) in [6, 6.07) is 10.2.